The average Bonchev–Trinajstić information content (AvgIpc) is 3.67. The maximum atomic E-state index is 2.80. The molecule has 0 amide bonds. The molecule has 4 heteroatoms. The van der Waals surface area contributed by atoms with E-state index < -0.39 is 8.07 Å². The Morgan fingerprint density at radius 2 is 1.16 bits per heavy atom. The minimum Gasteiger partial charge on any atom is -0.375 e. The first-order chi connectivity index (χ1) is 27.2. The molecular formula is C54H57BN2Si. The smallest absolute Gasteiger partial charge is 0.333 e. The van der Waals surface area contributed by atoms with Gasteiger partial charge in [-0.05, 0) is 109 Å². The first-order valence-corrected chi connectivity index (χ1v) is 24.9. The van der Waals surface area contributed by atoms with Crippen LogP contribution in [0.3, 0.4) is 0 Å². The molecule has 4 heterocycles. The Hall–Kier alpha value is -5.06. The molecule has 6 aromatic carbocycles. The van der Waals surface area contributed by atoms with E-state index in [4.69, 9.17) is 0 Å². The Kier molecular flexibility index (Phi) is 7.71. The van der Waals surface area contributed by atoms with Crippen LogP contribution in [-0.4, -0.2) is 24.0 Å². The monoisotopic (exact) mass is 772 g/mol. The number of fused-ring (bicyclic) bond motifs is 7. The standard InChI is InChI=1S/C54H57BN2Si/c1-32-19-17-18-22-38(32)47-43-28-35(53(5,6)7)26-42-40-30-37(58(11,12)13)31-46-48(40)55(57(50(42)43)49(47)33-20-15-14-16-21-33)44-29-36(54(8,9)10)27-41-39-25-34(52(2,3)4)23-24-45(39)56(46)51(41)44/h14-31H,1-13H3. The lowest BCUT2D eigenvalue weighted by Gasteiger charge is -2.37. The van der Waals surface area contributed by atoms with Crippen molar-refractivity contribution in [2.45, 2.75) is 105 Å². The summed E-state index contributed by atoms with van der Waals surface area (Å²) in [5.41, 5.74) is 21.6. The Morgan fingerprint density at radius 3 is 1.81 bits per heavy atom. The molecular weight excluding hydrogens is 716 g/mol. The highest BCUT2D eigenvalue weighted by atomic mass is 28.3. The lowest BCUT2D eigenvalue weighted by atomic mass is 9.45. The molecule has 10 rings (SSSR count). The van der Waals surface area contributed by atoms with Gasteiger partial charge in [0.15, 0.2) is 0 Å². The van der Waals surface area contributed by atoms with Gasteiger partial charge in [-0.3, -0.25) is 0 Å². The van der Waals surface area contributed by atoms with E-state index in [0.29, 0.717) is 0 Å². The molecule has 0 fully saturated rings. The van der Waals surface area contributed by atoms with Crippen molar-refractivity contribution in [3.63, 3.8) is 0 Å². The van der Waals surface area contributed by atoms with Crippen molar-refractivity contribution in [3.8, 4) is 39.2 Å². The van der Waals surface area contributed by atoms with Crippen LogP contribution in [0.25, 0.3) is 71.9 Å². The van der Waals surface area contributed by atoms with E-state index in [1.165, 1.54) is 110 Å². The Bertz CT molecular complexity index is 3040. The van der Waals surface area contributed by atoms with Crippen molar-refractivity contribution in [1.29, 1.82) is 0 Å². The first-order valence-electron chi connectivity index (χ1n) is 21.4. The molecule has 290 valence electrons. The molecule has 2 aliphatic rings. The number of hydrogen-bond donors (Lipinski definition) is 0. The predicted molar refractivity (Wildman–Crippen MR) is 257 cm³/mol. The quantitative estimate of drug-likeness (QED) is 0.158. The molecule has 2 aromatic heterocycles. The lowest BCUT2D eigenvalue weighted by molar-refractivity contribution is 0.590. The van der Waals surface area contributed by atoms with Crippen molar-refractivity contribution in [3.05, 3.63) is 131 Å². The molecule has 0 radical (unpaired) electrons. The van der Waals surface area contributed by atoms with Gasteiger partial charge in [-0.2, -0.15) is 0 Å². The number of nitrogens with zero attached hydrogens (tertiary/aromatic N) is 2. The van der Waals surface area contributed by atoms with Gasteiger partial charge in [0.2, 0.25) is 0 Å². The summed E-state index contributed by atoms with van der Waals surface area (Å²) in [4.78, 5) is 0. The highest BCUT2D eigenvalue weighted by Gasteiger charge is 2.44. The Labute approximate surface area is 347 Å². The summed E-state index contributed by atoms with van der Waals surface area (Å²) in [6, 6.07) is 43.1. The third kappa shape index (κ3) is 5.29. The molecule has 0 aliphatic carbocycles. The minimum atomic E-state index is -1.79. The SMILES string of the molecule is Cc1ccccc1-c1c(-c2ccccc2)n2c3c(cc(C(C)(C)C)cc13)-c1cc([Si](C)(C)C)cc3c1B2c1cc(C(C)(C)C)cc2c4cc(C(C)(C)C)ccc4n-3c12. The van der Waals surface area contributed by atoms with Crippen molar-refractivity contribution >= 4 is 63.7 Å². The van der Waals surface area contributed by atoms with Crippen LogP contribution in [0.5, 0.6) is 0 Å². The van der Waals surface area contributed by atoms with Crippen molar-refractivity contribution < 1.29 is 0 Å². The zero-order valence-corrected chi connectivity index (χ0v) is 37.9. The van der Waals surface area contributed by atoms with Gasteiger partial charge in [0, 0.05) is 44.2 Å². The topological polar surface area (TPSA) is 9.86 Å². The molecule has 0 saturated carbocycles. The molecule has 0 unspecified atom stereocenters. The maximum absolute atomic E-state index is 2.80. The lowest BCUT2D eigenvalue weighted by Crippen LogP contribution is -2.57. The van der Waals surface area contributed by atoms with Crippen LogP contribution in [0.1, 0.15) is 84.6 Å². The molecule has 0 bridgehead atoms. The fourth-order valence-electron chi connectivity index (χ4n) is 10.1. The van der Waals surface area contributed by atoms with Gasteiger partial charge in [-0.1, -0.05) is 160 Å². The number of rotatable bonds is 3. The van der Waals surface area contributed by atoms with Crippen LogP contribution < -0.4 is 16.1 Å². The first kappa shape index (κ1) is 37.2. The largest absolute Gasteiger partial charge is 0.375 e. The summed E-state index contributed by atoms with van der Waals surface area (Å²) in [6.07, 6.45) is 0. The van der Waals surface area contributed by atoms with Crippen LogP contribution in [0.2, 0.25) is 19.6 Å². The molecule has 2 aliphatic heterocycles. The fraction of sp³-hybridized carbons (Fsp3) is 0.296. The van der Waals surface area contributed by atoms with Crippen LogP contribution in [0.4, 0.5) is 0 Å². The third-order valence-electron chi connectivity index (χ3n) is 13.4. The summed E-state index contributed by atoms with van der Waals surface area (Å²) in [5.74, 6) is 0. The van der Waals surface area contributed by atoms with E-state index >= 15 is 0 Å². The van der Waals surface area contributed by atoms with Crippen molar-refractivity contribution in [1.82, 2.24) is 9.05 Å². The van der Waals surface area contributed by atoms with Gasteiger partial charge in [0.1, 0.15) is 0 Å². The van der Waals surface area contributed by atoms with Gasteiger partial charge >= 0.3 is 6.85 Å². The van der Waals surface area contributed by atoms with Gasteiger partial charge < -0.3 is 9.05 Å². The summed E-state index contributed by atoms with van der Waals surface area (Å²) < 4.78 is 5.48. The normalized spacial score (nSPS) is 13.9. The minimum absolute atomic E-state index is 0.0205. The molecule has 0 saturated heterocycles. The molecule has 58 heavy (non-hydrogen) atoms. The second-order valence-corrected chi connectivity index (χ2v) is 26.7. The second kappa shape index (κ2) is 12.0. The van der Waals surface area contributed by atoms with Crippen LogP contribution >= 0.6 is 0 Å². The number of aryl methyl sites for hydroxylation is 1. The Balaban J connectivity index is 1.50. The Morgan fingerprint density at radius 1 is 0.534 bits per heavy atom. The number of hydrogen-bond acceptors (Lipinski definition) is 0. The van der Waals surface area contributed by atoms with Gasteiger partial charge in [-0.15, -0.1) is 0 Å². The van der Waals surface area contributed by atoms with Crippen molar-refractivity contribution in [2.24, 2.45) is 0 Å². The van der Waals surface area contributed by atoms with Crippen LogP contribution in [0, 0.1) is 6.92 Å². The van der Waals surface area contributed by atoms with Crippen molar-refractivity contribution in [2.75, 3.05) is 0 Å². The summed E-state index contributed by atoms with van der Waals surface area (Å²) in [5, 5.41) is 5.58. The van der Waals surface area contributed by atoms with Gasteiger partial charge in [0.05, 0.1) is 19.1 Å². The van der Waals surface area contributed by atoms with Crippen LogP contribution in [-0.2, 0) is 16.2 Å². The molecule has 0 atom stereocenters. The summed E-state index contributed by atoms with van der Waals surface area (Å²) >= 11 is 0. The van der Waals surface area contributed by atoms with E-state index in [2.05, 4.69) is 207 Å². The fourth-order valence-corrected chi connectivity index (χ4v) is 11.2. The van der Waals surface area contributed by atoms with Crippen LogP contribution in [0.15, 0.2) is 109 Å². The maximum Gasteiger partial charge on any atom is 0.333 e. The van der Waals surface area contributed by atoms with Gasteiger partial charge in [0.25, 0.3) is 0 Å². The molecule has 0 N–H and O–H groups in total. The predicted octanol–water partition coefficient (Wildman–Crippen LogP) is 12.8. The summed E-state index contributed by atoms with van der Waals surface area (Å²) in [6.45, 7) is 31.1. The second-order valence-electron chi connectivity index (χ2n) is 21.6. The van der Waals surface area contributed by atoms with Gasteiger partial charge in [-0.25, -0.2) is 0 Å². The number of aromatic nitrogens is 2. The van der Waals surface area contributed by atoms with E-state index in [9.17, 15) is 0 Å². The van der Waals surface area contributed by atoms with E-state index in [-0.39, 0.29) is 23.1 Å². The molecule has 2 nitrogen and oxygen atoms in total. The van der Waals surface area contributed by atoms with E-state index in [0.717, 1.165) is 0 Å². The van der Waals surface area contributed by atoms with E-state index in [1.54, 1.807) is 0 Å². The molecule has 0 spiro atoms. The average molecular weight is 773 g/mol. The summed E-state index contributed by atoms with van der Waals surface area (Å²) in [7, 11) is -1.79. The highest BCUT2D eigenvalue weighted by molar-refractivity contribution is 6.91. The zero-order valence-electron chi connectivity index (χ0n) is 36.9. The third-order valence-corrected chi connectivity index (χ3v) is 15.5. The number of benzene rings is 6. The molecule has 8 aromatic rings. The zero-order chi connectivity index (χ0) is 41.0. The highest BCUT2D eigenvalue weighted by Crippen LogP contribution is 2.50. The van der Waals surface area contributed by atoms with E-state index in [1.807, 2.05) is 0 Å².